The Morgan fingerprint density at radius 1 is 1.39 bits per heavy atom. The van der Waals surface area contributed by atoms with Gasteiger partial charge in [-0.15, -0.1) is 0 Å². The van der Waals surface area contributed by atoms with Crippen molar-refractivity contribution in [1.29, 1.82) is 0 Å². The molecule has 0 spiro atoms. The van der Waals surface area contributed by atoms with E-state index in [4.69, 9.17) is 12.2 Å². The van der Waals surface area contributed by atoms with E-state index in [1.807, 2.05) is 0 Å². The molecule has 1 N–H and O–H groups in total. The van der Waals surface area contributed by atoms with Gasteiger partial charge in [-0.1, -0.05) is 18.2 Å². The number of allylic oxidation sites excluding steroid dienone is 2. The first-order valence-corrected chi connectivity index (χ1v) is 6.99. The number of H-pyrrole nitrogens is 1. The van der Waals surface area contributed by atoms with Gasteiger partial charge in [0.25, 0.3) is 0 Å². The van der Waals surface area contributed by atoms with Crippen molar-refractivity contribution >= 4 is 23.3 Å². The fraction of sp³-hybridized carbons (Fsp3) is 0.400. The molecule has 0 fully saturated rings. The largest absolute Gasteiger partial charge is 0.331 e. The lowest BCUT2D eigenvalue weighted by atomic mass is 9.94. The smallest absolute Gasteiger partial charge is 0.178 e. The van der Waals surface area contributed by atoms with E-state index in [-0.39, 0.29) is 0 Å². The van der Waals surface area contributed by atoms with Crippen molar-refractivity contribution in [2.24, 2.45) is 5.92 Å². The Morgan fingerprint density at radius 2 is 2.28 bits per heavy atom. The highest BCUT2D eigenvalue weighted by atomic mass is 32.1. The zero-order chi connectivity index (χ0) is 12.5. The van der Waals surface area contributed by atoms with E-state index in [2.05, 4.69) is 46.8 Å². The molecule has 3 rings (SSSR count). The first-order chi connectivity index (χ1) is 8.74. The molecule has 0 saturated carbocycles. The summed E-state index contributed by atoms with van der Waals surface area (Å²) in [5.41, 5.74) is 3.68. The number of rotatable bonds is 2. The number of aryl methyl sites for hydroxylation is 1. The first-order valence-electron chi connectivity index (χ1n) is 6.58. The fourth-order valence-electron chi connectivity index (χ4n) is 2.72. The summed E-state index contributed by atoms with van der Waals surface area (Å²) in [6, 6.07) is 6.47. The van der Waals surface area contributed by atoms with E-state index in [0.717, 1.165) is 22.8 Å². The van der Waals surface area contributed by atoms with Crippen LogP contribution in [0.15, 0.2) is 30.4 Å². The van der Waals surface area contributed by atoms with Crippen LogP contribution >= 0.6 is 12.2 Å². The molecule has 0 aliphatic heterocycles. The van der Waals surface area contributed by atoms with Crippen LogP contribution in [0.5, 0.6) is 0 Å². The Balaban J connectivity index is 1.99. The van der Waals surface area contributed by atoms with Gasteiger partial charge < -0.3 is 9.55 Å². The quantitative estimate of drug-likeness (QED) is 0.627. The molecular weight excluding hydrogens is 240 g/mol. The van der Waals surface area contributed by atoms with Gasteiger partial charge >= 0.3 is 0 Å². The van der Waals surface area contributed by atoms with Gasteiger partial charge in [0.1, 0.15) is 0 Å². The minimum Gasteiger partial charge on any atom is -0.331 e. The van der Waals surface area contributed by atoms with Crippen molar-refractivity contribution in [1.82, 2.24) is 9.55 Å². The number of aromatic amines is 1. The van der Waals surface area contributed by atoms with Crippen LogP contribution < -0.4 is 0 Å². The number of imidazole rings is 1. The molecule has 0 radical (unpaired) electrons. The van der Waals surface area contributed by atoms with Crippen LogP contribution in [0.25, 0.3) is 11.0 Å². The van der Waals surface area contributed by atoms with Gasteiger partial charge in [-0.2, -0.15) is 0 Å². The molecule has 1 aromatic carbocycles. The summed E-state index contributed by atoms with van der Waals surface area (Å²) in [5, 5.41) is 0. The monoisotopic (exact) mass is 258 g/mol. The van der Waals surface area contributed by atoms with Crippen LogP contribution in [0.1, 0.15) is 24.8 Å². The van der Waals surface area contributed by atoms with Crippen LogP contribution in [0.3, 0.4) is 0 Å². The maximum Gasteiger partial charge on any atom is 0.178 e. The molecule has 1 aliphatic rings. The van der Waals surface area contributed by atoms with E-state index < -0.39 is 0 Å². The van der Waals surface area contributed by atoms with Crippen molar-refractivity contribution < 1.29 is 0 Å². The Morgan fingerprint density at radius 3 is 3.06 bits per heavy atom. The molecule has 18 heavy (non-hydrogen) atoms. The maximum atomic E-state index is 5.45. The summed E-state index contributed by atoms with van der Waals surface area (Å²) < 4.78 is 3.12. The average Bonchev–Trinajstić information content (AvgIpc) is 2.67. The third kappa shape index (κ3) is 2.15. The van der Waals surface area contributed by atoms with Crippen molar-refractivity contribution in [3.63, 3.8) is 0 Å². The molecule has 1 aliphatic carbocycles. The minimum absolute atomic E-state index is 0.723. The Bertz CT molecular complexity index is 648. The van der Waals surface area contributed by atoms with E-state index in [1.165, 1.54) is 30.3 Å². The summed E-state index contributed by atoms with van der Waals surface area (Å²) in [6.07, 6.45) is 8.25. The number of fused-ring (bicyclic) bond motifs is 1. The lowest BCUT2D eigenvalue weighted by molar-refractivity contribution is 0.413. The van der Waals surface area contributed by atoms with Crippen LogP contribution in [0.4, 0.5) is 0 Å². The summed E-state index contributed by atoms with van der Waals surface area (Å²) in [6.45, 7) is 3.16. The standard InChI is InChI=1S/C15H18N2S/c1-11-7-8-13-14(9-11)17(15(18)16-13)10-12-5-3-2-4-6-12/h2-3,7-9,12H,4-6,10H2,1H3,(H,16,18). The van der Waals surface area contributed by atoms with Crippen LogP contribution in [-0.4, -0.2) is 9.55 Å². The first kappa shape index (κ1) is 11.7. The van der Waals surface area contributed by atoms with Crippen molar-refractivity contribution in [2.45, 2.75) is 32.7 Å². The third-order valence-electron chi connectivity index (χ3n) is 3.75. The van der Waals surface area contributed by atoms with Crippen LogP contribution in [0.2, 0.25) is 0 Å². The molecule has 1 heterocycles. The van der Waals surface area contributed by atoms with Gasteiger partial charge in [0.15, 0.2) is 4.77 Å². The van der Waals surface area contributed by atoms with Crippen molar-refractivity contribution in [2.75, 3.05) is 0 Å². The average molecular weight is 258 g/mol. The van der Waals surface area contributed by atoms with Gasteiger partial charge in [0, 0.05) is 6.54 Å². The molecule has 0 bridgehead atoms. The minimum atomic E-state index is 0.723. The zero-order valence-electron chi connectivity index (χ0n) is 10.6. The second-order valence-electron chi connectivity index (χ2n) is 5.21. The molecule has 1 atom stereocenters. The SMILES string of the molecule is Cc1ccc2[nH]c(=S)n(CC3CC=CCC3)c2c1. The highest BCUT2D eigenvalue weighted by Gasteiger charge is 2.13. The van der Waals surface area contributed by atoms with Crippen molar-refractivity contribution in [3.8, 4) is 0 Å². The summed E-state index contributed by atoms with van der Waals surface area (Å²) in [7, 11) is 0. The molecule has 0 saturated heterocycles. The maximum absolute atomic E-state index is 5.45. The van der Waals surface area contributed by atoms with Crippen LogP contribution in [-0.2, 0) is 6.54 Å². The molecule has 94 valence electrons. The Hall–Kier alpha value is -1.35. The fourth-order valence-corrected chi connectivity index (χ4v) is 3.01. The normalized spacial score (nSPS) is 19.5. The third-order valence-corrected chi connectivity index (χ3v) is 4.07. The van der Waals surface area contributed by atoms with Crippen molar-refractivity contribution in [3.05, 3.63) is 40.7 Å². The molecule has 3 heteroatoms. The Labute approximate surface area is 112 Å². The number of aromatic nitrogens is 2. The summed E-state index contributed by atoms with van der Waals surface area (Å²) in [5.74, 6) is 0.723. The molecule has 2 nitrogen and oxygen atoms in total. The number of nitrogens with zero attached hydrogens (tertiary/aromatic N) is 1. The van der Waals surface area contributed by atoms with E-state index in [9.17, 15) is 0 Å². The topological polar surface area (TPSA) is 20.7 Å². The molecule has 0 amide bonds. The lowest BCUT2D eigenvalue weighted by Crippen LogP contribution is -2.12. The van der Waals surface area contributed by atoms with E-state index in [1.54, 1.807) is 0 Å². The second-order valence-corrected chi connectivity index (χ2v) is 5.60. The molecule has 1 aromatic heterocycles. The van der Waals surface area contributed by atoms with E-state index >= 15 is 0 Å². The molecule has 2 aromatic rings. The summed E-state index contributed by atoms with van der Waals surface area (Å²) in [4.78, 5) is 3.30. The van der Waals surface area contributed by atoms with E-state index in [0.29, 0.717) is 0 Å². The van der Waals surface area contributed by atoms with Crippen LogP contribution in [0, 0.1) is 17.6 Å². The van der Waals surface area contributed by atoms with Gasteiger partial charge in [0.2, 0.25) is 0 Å². The highest BCUT2D eigenvalue weighted by molar-refractivity contribution is 7.71. The number of hydrogen-bond acceptors (Lipinski definition) is 1. The second kappa shape index (κ2) is 4.73. The highest BCUT2D eigenvalue weighted by Crippen LogP contribution is 2.23. The molecular formula is C15H18N2S. The zero-order valence-corrected chi connectivity index (χ0v) is 11.5. The predicted molar refractivity (Wildman–Crippen MR) is 78.3 cm³/mol. The van der Waals surface area contributed by atoms with Gasteiger partial charge in [0.05, 0.1) is 11.0 Å². The van der Waals surface area contributed by atoms with Gasteiger partial charge in [-0.3, -0.25) is 0 Å². The molecule has 1 unspecified atom stereocenters. The number of nitrogens with one attached hydrogen (secondary N) is 1. The summed E-state index contributed by atoms with van der Waals surface area (Å²) >= 11 is 5.45. The van der Waals surface area contributed by atoms with Gasteiger partial charge in [-0.25, -0.2) is 0 Å². The van der Waals surface area contributed by atoms with Gasteiger partial charge in [-0.05, 0) is 62.0 Å². The lowest BCUT2D eigenvalue weighted by Gasteiger charge is -2.18. The predicted octanol–water partition coefficient (Wildman–Crippen LogP) is 4.36. The number of benzene rings is 1. The Kier molecular flexibility index (Phi) is 3.08. The number of hydrogen-bond donors (Lipinski definition) is 1.